The number of fused-ring (bicyclic) bond motifs is 1. The Labute approximate surface area is 228 Å². The SMILES string of the molecule is CCC(=O)Nc1ccn([C@@H]2OC(COP([NH-])(=O)OP(C)(=O)OCc3ccc4ccccc4c3)=C(O)C2O)c(=O)n1. The number of nitrogens with one attached hydrogen (secondary N) is 2. The Bertz CT molecular complexity index is 1610. The predicted molar refractivity (Wildman–Crippen MR) is 144 cm³/mol. The van der Waals surface area contributed by atoms with E-state index in [-0.39, 0.29) is 24.8 Å². The van der Waals surface area contributed by atoms with Gasteiger partial charge in [0.05, 0.1) is 6.61 Å². The zero-order chi connectivity index (χ0) is 29.1. The Hall–Kier alpha value is -3.35. The number of hydrogen-bond acceptors (Lipinski definition) is 11. The first kappa shape index (κ1) is 29.6. The summed E-state index contributed by atoms with van der Waals surface area (Å²) in [6, 6.07) is 14.4. The van der Waals surface area contributed by atoms with E-state index in [0.29, 0.717) is 5.56 Å². The van der Waals surface area contributed by atoms with Gasteiger partial charge in [-0.3, -0.25) is 18.5 Å². The molecule has 1 aromatic heterocycles. The van der Waals surface area contributed by atoms with Gasteiger partial charge in [0.15, 0.2) is 17.6 Å². The number of aliphatic hydroxyl groups is 2. The van der Waals surface area contributed by atoms with Crippen molar-refractivity contribution in [2.45, 2.75) is 32.3 Å². The maximum absolute atomic E-state index is 12.7. The van der Waals surface area contributed by atoms with E-state index < -0.39 is 51.5 Å². The molecule has 1 aliphatic heterocycles. The van der Waals surface area contributed by atoms with Gasteiger partial charge in [-0.1, -0.05) is 43.3 Å². The van der Waals surface area contributed by atoms with Crippen molar-refractivity contribution in [1.29, 1.82) is 0 Å². The highest BCUT2D eigenvalue weighted by Gasteiger charge is 2.38. The van der Waals surface area contributed by atoms with Gasteiger partial charge >= 0.3 is 13.3 Å². The van der Waals surface area contributed by atoms with Crippen LogP contribution in [0.2, 0.25) is 0 Å². The van der Waals surface area contributed by atoms with Crippen molar-refractivity contribution in [1.82, 2.24) is 9.55 Å². The van der Waals surface area contributed by atoms with Crippen LogP contribution in [0, 0.1) is 0 Å². The number of amides is 1. The minimum absolute atomic E-state index is 0.0135. The van der Waals surface area contributed by atoms with Crippen LogP contribution in [0.1, 0.15) is 25.1 Å². The molecule has 4 rings (SSSR count). The molecule has 0 bridgehead atoms. The lowest BCUT2D eigenvalue weighted by atomic mass is 10.1. The second-order valence-corrected chi connectivity index (χ2v) is 12.5. The number of nitrogens with zero attached hydrogens (tertiary/aromatic N) is 2. The van der Waals surface area contributed by atoms with Crippen LogP contribution < -0.4 is 11.0 Å². The van der Waals surface area contributed by atoms with Crippen molar-refractivity contribution < 1.29 is 42.2 Å². The Morgan fingerprint density at radius 1 is 1.15 bits per heavy atom. The first-order valence-corrected chi connectivity index (χ1v) is 15.5. The van der Waals surface area contributed by atoms with Crippen molar-refractivity contribution >= 4 is 37.8 Å². The van der Waals surface area contributed by atoms with Gasteiger partial charge in [-0.25, -0.2) is 9.11 Å². The molecule has 0 aliphatic carbocycles. The molecule has 2 aromatic carbocycles. The number of aliphatic hydroxyl groups excluding tert-OH is 2. The largest absolute Gasteiger partial charge is 0.570 e. The summed E-state index contributed by atoms with van der Waals surface area (Å²) in [6.07, 6.45) is -1.85. The number of benzene rings is 2. The monoisotopic (exact) mass is 593 g/mol. The average molecular weight is 593 g/mol. The van der Waals surface area contributed by atoms with Gasteiger partial charge in [0.1, 0.15) is 12.4 Å². The highest BCUT2D eigenvalue weighted by Crippen LogP contribution is 2.63. The fraction of sp³-hybridized carbons (Fsp3) is 0.292. The van der Waals surface area contributed by atoms with E-state index in [0.717, 1.165) is 22.0 Å². The summed E-state index contributed by atoms with van der Waals surface area (Å²) in [7, 11) is -8.80. The number of carbonyl (C=O) groups is 1. The molecule has 1 amide bonds. The molecule has 0 radical (unpaired) electrons. The molecule has 0 saturated heterocycles. The number of aromatic nitrogens is 2. The first-order valence-electron chi connectivity index (χ1n) is 11.9. The van der Waals surface area contributed by atoms with Gasteiger partial charge < -0.3 is 34.8 Å². The van der Waals surface area contributed by atoms with E-state index in [1.807, 2.05) is 36.4 Å². The smallest absolute Gasteiger partial charge is 0.352 e. The molecular weight excluding hydrogens is 566 g/mol. The van der Waals surface area contributed by atoms with Crippen molar-refractivity contribution in [2.75, 3.05) is 18.6 Å². The average Bonchev–Trinajstić information content (AvgIpc) is 3.19. The standard InChI is InChI=1S/C24H28N4O10P2/c1-3-20(29)26-19-10-11-28(24(32)27-19)23-22(31)21(30)18(37-23)14-36-40(25,34)38-39(2,33)35-13-15-8-9-16-6-4-5-7-17(16)12-15/h4-12,22-23,31H,3,13-14H2,1-2H3,(H4,25,26,27,29,30,32,34)/p-1/t22?,23-,39?,40?/m1/s1. The molecule has 0 fully saturated rings. The number of hydrogen-bond donors (Lipinski definition) is 3. The highest BCUT2D eigenvalue weighted by molar-refractivity contribution is 7.67. The fourth-order valence-electron chi connectivity index (χ4n) is 3.70. The molecule has 0 saturated carbocycles. The molecule has 40 heavy (non-hydrogen) atoms. The molecule has 14 nitrogen and oxygen atoms in total. The van der Waals surface area contributed by atoms with E-state index >= 15 is 0 Å². The normalized spacial score (nSPS) is 20.1. The van der Waals surface area contributed by atoms with E-state index in [4.69, 9.17) is 23.6 Å². The van der Waals surface area contributed by atoms with Gasteiger partial charge in [0.25, 0.3) is 0 Å². The van der Waals surface area contributed by atoms with Gasteiger partial charge in [0.2, 0.25) is 19.9 Å². The summed E-state index contributed by atoms with van der Waals surface area (Å²) in [4.78, 5) is 27.6. The third kappa shape index (κ3) is 7.23. The van der Waals surface area contributed by atoms with E-state index in [9.17, 15) is 28.9 Å². The highest BCUT2D eigenvalue weighted by atomic mass is 31.3. The van der Waals surface area contributed by atoms with Crippen LogP contribution in [0.15, 0.2) is 71.0 Å². The lowest BCUT2D eigenvalue weighted by Crippen LogP contribution is -2.33. The summed E-state index contributed by atoms with van der Waals surface area (Å²) in [5.74, 6) is -1.56. The van der Waals surface area contributed by atoms with E-state index in [1.54, 1.807) is 13.0 Å². The molecular formula is C24H27N4O10P2-. The topological polar surface area (TPSA) is 199 Å². The molecule has 4 N–H and O–H groups in total. The van der Waals surface area contributed by atoms with Crippen molar-refractivity contribution in [2.24, 2.45) is 0 Å². The minimum Gasteiger partial charge on any atom is -0.570 e. The van der Waals surface area contributed by atoms with Crippen molar-refractivity contribution in [3.8, 4) is 0 Å². The predicted octanol–water partition coefficient (Wildman–Crippen LogP) is 4.64. The molecule has 3 unspecified atom stereocenters. The van der Waals surface area contributed by atoms with Crippen LogP contribution in [0.3, 0.4) is 0 Å². The first-order chi connectivity index (χ1) is 18.9. The number of carbonyl (C=O) groups excluding carboxylic acids is 1. The summed E-state index contributed by atoms with van der Waals surface area (Å²) in [5, 5.41) is 25.0. The van der Waals surface area contributed by atoms with Gasteiger partial charge in [-0.2, -0.15) is 4.98 Å². The van der Waals surface area contributed by atoms with Crippen LogP contribution in [-0.4, -0.2) is 45.0 Å². The molecule has 0 spiro atoms. The van der Waals surface area contributed by atoms with Crippen molar-refractivity contribution in [3.63, 3.8) is 0 Å². The Kier molecular flexibility index (Phi) is 8.91. The molecule has 4 atom stereocenters. The maximum atomic E-state index is 12.7. The summed E-state index contributed by atoms with van der Waals surface area (Å²) in [5.41, 5.74) is 7.60. The van der Waals surface area contributed by atoms with Crippen LogP contribution >= 0.6 is 15.3 Å². The third-order valence-corrected chi connectivity index (χ3v) is 8.81. The van der Waals surface area contributed by atoms with E-state index in [1.165, 1.54) is 12.3 Å². The van der Waals surface area contributed by atoms with Gasteiger partial charge in [-0.05, 0) is 28.5 Å². The van der Waals surface area contributed by atoms with Crippen LogP contribution in [0.5, 0.6) is 0 Å². The lowest BCUT2D eigenvalue weighted by molar-refractivity contribution is -0.115. The van der Waals surface area contributed by atoms with Gasteiger partial charge in [0, 0.05) is 19.3 Å². The third-order valence-electron chi connectivity index (χ3n) is 5.69. The van der Waals surface area contributed by atoms with E-state index in [2.05, 4.69) is 10.3 Å². The summed E-state index contributed by atoms with van der Waals surface area (Å²) < 4.78 is 46.6. The fourth-order valence-corrected chi connectivity index (χ4v) is 6.31. The minimum atomic E-state index is -4.76. The van der Waals surface area contributed by atoms with Crippen LogP contribution in [-0.2, 0) is 38.6 Å². The Morgan fingerprint density at radius 3 is 2.58 bits per heavy atom. The summed E-state index contributed by atoms with van der Waals surface area (Å²) >= 11 is 0. The zero-order valence-corrected chi connectivity index (χ0v) is 23.2. The quantitative estimate of drug-likeness (QED) is 0.262. The molecule has 214 valence electrons. The number of anilines is 1. The second kappa shape index (κ2) is 12.0. The summed E-state index contributed by atoms with van der Waals surface area (Å²) in [6.45, 7) is 1.69. The molecule has 2 heterocycles. The van der Waals surface area contributed by atoms with Crippen LogP contribution in [0.4, 0.5) is 5.82 Å². The Morgan fingerprint density at radius 2 is 1.88 bits per heavy atom. The molecule has 1 aliphatic rings. The van der Waals surface area contributed by atoms with Crippen LogP contribution in [0.25, 0.3) is 16.3 Å². The lowest BCUT2D eigenvalue weighted by Gasteiger charge is -2.25. The maximum Gasteiger partial charge on any atom is 0.352 e. The second-order valence-electron chi connectivity index (χ2n) is 8.74. The zero-order valence-electron chi connectivity index (χ0n) is 21.4. The number of rotatable bonds is 11. The molecule has 3 aromatic rings. The Balaban J connectivity index is 1.34. The molecule has 16 heteroatoms. The van der Waals surface area contributed by atoms with Gasteiger partial charge in [-0.15, -0.1) is 0 Å². The van der Waals surface area contributed by atoms with Crippen molar-refractivity contribution in [3.05, 3.63) is 87.8 Å². The number of ether oxygens (including phenoxy) is 1.